The van der Waals surface area contributed by atoms with Gasteiger partial charge in [0.25, 0.3) is 0 Å². The van der Waals surface area contributed by atoms with Crippen molar-refractivity contribution in [3.8, 4) is 6.07 Å². The minimum absolute atomic E-state index is 0.325. The van der Waals surface area contributed by atoms with Gasteiger partial charge in [-0.1, -0.05) is 24.3 Å². The van der Waals surface area contributed by atoms with Gasteiger partial charge in [0.2, 0.25) is 0 Å². The molecule has 0 aliphatic heterocycles. The maximum absolute atomic E-state index is 13.2. The zero-order chi connectivity index (χ0) is 16.4. The Kier molecular flexibility index (Phi) is 4.12. The summed E-state index contributed by atoms with van der Waals surface area (Å²) in [5.74, 6) is 0. The third-order valence-corrected chi connectivity index (χ3v) is 4.16. The van der Waals surface area contributed by atoms with Crippen molar-refractivity contribution < 1.29 is 13.2 Å². The highest BCUT2D eigenvalue weighted by atomic mass is 19.4. The van der Waals surface area contributed by atoms with Crippen molar-refractivity contribution in [2.24, 2.45) is 0 Å². The van der Waals surface area contributed by atoms with Crippen LogP contribution in [-0.2, 0) is 32.0 Å². The minimum atomic E-state index is -4.40. The Labute approximate surface area is 132 Å². The van der Waals surface area contributed by atoms with Gasteiger partial charge in [-0.3, -0.25) is 4.68 Å². The van der Waals surface area contributed by atoms with Crippen LogP contribution in [0, 0.1) is 11.3 Å². The summed E-state index contributed by atoms with van der Waals surface area (Å²) in [4.78, 5) is 0. The van der Waals surface area contributed by atoms with Crippen molar-refractivity contribution >= 4 is 0 Å². The van der Waals surface area contributed by atoms with E-state index in [1.807, 2.05) is 24.3 Å². The second kappa shape index (κ2) is 6.07. The van der Waals surface area contributed by atoms with Crippen molar-refractivity contribution in [3.63, 3.8) is 0 Å². The van der Waals surface area contributed by atoms with Gasteiger partial charge in [0, 0.05) is 11.3 Å². The van der Waals surface area contributed by atoms with E-state index in [0.717, 1.165) is 24.0 Å². The summed E-state index contributed by atoms with van der Waals surface area (Å²) in [5.41, 5.74) is 2.13. The van der Waals surface area contributed by atoms with Gasteiger partial charge < -0.3 is 0 Å². The molecule has 1 aromatic heterocycles. The molecule has 0 saturated carbocycles. The van der Waals surface area contributed by atoms with Gasteiger partial charge >= 0.3 is 6.18 Å². The summed E-state index contributed by atoms with van der Waals surface area (Å²) in [6.07, 6.45) is -1.29. The van der Waals surface area contributed by atoms with Crippen molar-refractivity contribution in [2.75, 3.05) is 0 Å². The number of halogens is 3. The number of nitriles is 1. The lowest BCUT2D eigenvalue weighted by Gasteiger charge is -2.14. The van der Waals surface area contributed by atoms with Crippen LogP contribution in [0.3, 0.4) is 0 Å². The smallest absolute Gasteiger partial charge is 0.264 e. The molecule has 6 heteroatoms. The Morgan fingerprint density at radius 1 is 1.09 bits per heavy atom. The molecule has 3 rings (SSSR count). The number of fused-ring (bicyclic) bond motifs is 1. The number of rotatable bonds is 3. The monoisotopic (exact) mass is 319 g/mol. The van der Waals surface area contributed by atoms with Crippen LogP contribution in [0.4, 0.5) is 13.2 Å². The standard InChI is InChI=1S/C17H16F3N3/c18-17(19,20)16-14-3-1-2-4-15(14)23(22-16)11-13-7-5-12(6-8-13)9-10-21/h5-8H,1-4,9,11H2. The molecule has 1 aliphatic rings. The number of nitrogens with zero attached hydrogens (tertiary/aromatic N) is 3. The lowest BCUT2D eigenvalue weighted by molar-refractivity contribution is -0.142. The minimum Gasteiger partial charge on any atom is -0.264 e. The van der Waals surface area contributed by atoms with E-state index in [1.54, 1.807) is 0 Å². The molecule has 0 unspecified atom stereocenters. The Balaban J connectivity index is 1.91. The molecule has 0 atom stereocenters. The normalized spacial score (nSPS) is 14.3. The molecule has 1 heterocycles. The van der Waals surface area contributed by atoms with Crippen molar-refractivity contribution in [3.05, 3.63) is 52.3 Å². The zero-order valence-corrected chi connectivity index (χ0v) is 12.5. The van der Waals surface area contributed by atoms with Crippen molar-refractivity contribution in [1.29, 1.82) is 5.26 Å². The van der Waals surface area contributed by atoms with Crippen molar-refractivity contribution in [2.45, 2.75) is 44.8 Å². The third kappa shape index (κ3) is 3.24. The average molecular weight is 319 g/mol. The van der Waals surface area contributed by atoms with Crippen LogP contribution in [0.25, 0.3) is 0 Å². The van der Waals surface area contributed by atoms with Gasteiger partial charge in [-0.2, -0.15) is 23.5 Å². The fourth-order valence-corrected chi connectivity index (χ4v) is 3.06. The molecular weight excluding hydrogens is 303 g/mol. The molecule has 3 nitrogen and oxygen atoms in total. The van der Waals surface area contributed by atoms with Crippen LogP contribution in [-0.4, -0.2) is 9.78 Å². The molecule has 0 N–H and O–H groups in total. The number of hydrogen-bond donors (Lipinski definition) is 0. The SMILES string of the molecule is N#CCc1ccc(Cn2nc(C(F)(F)F)c3c2CCCC3)cc1. The van der Waals surface area contributed by atoms with Crippen LogP contribution in [0.15, 0.2) is 24.3 Å². The first-order valence-electron chi connectivity index (χ1n) is 7.59. The van der Waals surface area contributed by atoms with Gasteiger partial charge in [-0.05, 0) is 36.8 Å². The lowest BCUT2D eigenvalue weighted by atomic mass is 9.95. The molecule has 1 aliphatic carbocycles. The third-order valence-electron chi connectivity index (χ3n) is 4.16. The number of benzene rings is 1. The Morgan fingerprint density at radius 3 is 2.39 bits per heavy atom. The first-order chi connectivity index (χ1) is 11.0. The molecule has 0 saturated heterocycles. The second-order valence-electron chi connectivity index (χ2n) is 5.79. The van der Waals surface area contributed by atoms with Crippen LogP contribution >= 0.6 is 0 Å². The quantitative estimate of drug-likeness (QED) is 0.861. The van der Waals surface area contributed by atoms with Gasteiger partial charge in [-0.15, -0.1) is 0 Å². The maximum Gasteiger partial charge on any atom is 0.435 e. The largest absolute Gasteiger partial charge is 0.435 e. The van der Waals surface area contributed by atoms with Crippen molar-refractivity contribution in [1.82, 2.24) is 9.78 Å². The highest BCUT2D eigenvalue weighted by Gasteiger charge is 2.39. The average Bonchev–Trinajstić information content (AvgIpc) is 2.89. The molecule has 1 aromatic carbocycles. The van der Waals surface area contributed by atoms with Crippen LogP contribution < -0.4 is 0 Å². The van der Waals surface area contributed by atoms with E-state index < -0.39 is 11.9 Å². The molecule has 120 valence electrons. The van der Waals surface area contributed by atoms with Crippen LogP contribution in [0.5, 0.6) is 0 Å². The highest BCUT2D eigenvalue weighted by molar-refractivity contribution is 5.32. The summed E-state index contributed by atoms with van der Waals surface area (Å²) in [7, 11) is 0. The van der Waals surface area contributed by atoms with Gasteiger partial charge in [-0.25, -0.2) is 0 Å². The zero-order valence-electron chi connectivity index (χ0n) is 12.5. The van der Waals surface area contributed by atoms with E-state index in [4.69, 9.17) is 5.26 Å². The first kappa shape index (κ1) is 15.6. The predicted molar refractivity (Wildman–Crippen MR) is 78.7 cm³/mol. The molecule has 23 heavy (non-hydrogen) atoms. The maximum atomic E-state index is 13.2. The lowest BCUT2D eigenvalue weighted by Crippen LogP contribution is -2.11. The Hall–Kier alpha value is -2.29. The first-order valence-corrected chi connectivity index (χ1v) is 7.59. The van der Waals surface area contributed by atoms with Gasteiger partial charge in [0.15, 0.2) is 5.69 Å². The fraction of sp³-hybridized carbons (Fsp3) is 0.412. The molecule has 0 radical (unpaired) electrons. The Morgan fingerprint density at radius 2 is 1.74 bits per heavy atom. The summed E-state index contributed by atoms with van der Waals surface area (Å²) in [5, 5.41) is 12.5. The summed E-state index contributed by atoms with van der Waals surface area (Å²) < 4.78 is 41.0. The number of alkyl halides is 3. The number of hydrogen-bond acceptors (Lipinski definition) is 2. The van der Waals surface area contributed by atoms with E-state index in [2.05, 4.69) is 11.2 Å². The van der Waals surface area contributed by atoms with Gasteiger partial charge in [0.05, 0.1) is 19.0 Å². The summed E-state index contributed by atoms with van der Waals surface area (Å²) >= 11 is 0. The van der Waals surface area contributed by atoms with E-state index in [1.165, 1.54) is 4.68 Å². The van der Waals surface area contributed by atoms with E-state index in [9.17, 15) is 13.2 Å². The molecular formula is C17H16F3N3. The molecule has 2 aromatic rings. The second-order valence-corrected chi connectivity index (χ2v) is 5.79. The summed E-state index contributed by atoms with van der Waals surface area (Å²) in [6, 6.07) is 9.42. The fourth-order valence-electron chi connectivity index (χ4n) is 3.06. The highest BCUT2D eigenvalue weighted by Crippen LogP contribution is 2.36. The molecule has 0 spiro atoms. The summed E-state index contributed by atoms with van der Waals surface area (Å²) in [6.45, 7) is 0.325. The van der Waals surface area contributed by atoms with E-state index in [0.29, 0.717) is 37.1 Å². The van der Waals surface area contributed by atoms with Gasteiger partial charge in [0.1, 0.15) is 0 Å². The Bertz CT molecular complexity index is 736. The van der Waals surface area contributed by atoms with E-state index in [-0.39, 0.29) is 0 Å². The predicted octanol–water partition coefficient (Wildman–Crippen LogP) is 3.90. The van der Waals surface area contributed by atoms with E-state index >= 15 is 0 Å². The van der Waals surface area contributed by atoms with Crippen LogP contribution in [0.1, 0.15) is 40.9 Å². The topological polar surface area (TPSA) is 41.6 Å². The molecule has 0 fully saturated rings. The molecule has 0 bridgehead atoms. The van der Waals surface area contributed by atoms with Crippen LogP contribution in [0.2, 0.25) is 0 Å². The number of aromatic nitrogens is 2. The molecule has 0 amide bonds.